The first-order valence-electron chi connectivity index (χ1n) is 9.46. The summed E-state index contributed by atoms with van der Waals surface area (Å²) in [5.41, 5.74) is 3.97. The number of aromatic nitrogens is 1. The van der Waals surface area contributed by atoms with E-state index in [9.17, 15) is 8.42 Å². The molecule has 0 amide bonds. The predicted octanol–water partition coefficient (Wildman–Crippen LogP) is 6.59. The molecule has 158 valence electrons. The number of benzene rings is 3. The molecule has 4 rings (SSSR count). The van der Waals surface area contributed by atoms with Gasteiger partial charge in [-0.2, -0.15) is 0 Å². The molecule has 0 aliphatic heterocycles. The predicted molar refractivity (Wildman–Crippen MR) is 141 cm³/mol. The largest absolute Gasteiger partial charge is 0.497 e. The molecule has 0 fully saturated rings. The highest BCUT2D eigenvalue weighted by atomic mass is 127. The van der Waals surface area contributed by atoms with E-state index in [1.54, 1.807) is 19.2 Å². The summed E-state index contributed by atoms with van der Waals surface area (Å²) in [5, 5.41) is 0. The maximum Gasteiger partial charge on any atom is 0.268 e. The van der Waals surface area contributed by atoms with E-state index >= 15 is 0 Å². The van der Waals surface area contributed by atoms with Crippen LogP contribution in [0.5, 0.6) is 5.75 Å². The Morgan fingerprint density at radius 1 is 0.742 bits per heavy atom. The maximum absolute atomic E-state index is 14.0. The zero-order valence-corrected chi connectivity index (χ0v) is 22.0. The van der Waals surface area contributed by atoms with E-state index < -0.39 is 10.0 Å². The van der Waals surface area contributed by atoms with E-state index in [1.807, 2.05) is 73.7 Å². The number of halogens is 2. The topological polar surface area (TPSA) is 48.3 Å². The van der Waals surface area contributed by atoms with Gasteiger partial charge in [0.25, 0.3) is 10.0 Å². The summed E-state index contributed by atoms with van der Waals surface area (Å²) in [7, 11) is -2.24. The summed E-state index contributed by atoms with van der Waals surface area (Å²) in [6.45, 7) is 1.94. The molecule has 0 unspecified atom stereocenters. The fourth-order valence-corrected chi connectivity index (χ4v) is 6.90. The second kappa shape index (κ2) is 8.95. The zero-order chi connectivity index (χ0) is 22.2. The van der Waals surface area contributed by atoms with Gasteiger partial charge in [-0.25, -0.2) is 12.4 Å². The lowest BCUT2D eigenvalue weighted by Gasteiger charge is -2.15. The Balaban J connectivity index is 2.07. The lowest BCUT2D eigenvalue weighted by molar-refractivity contribution is 0.415. The first-order chi connectivity index (χ1) is 14.8. The minimum Gasteiger partial charge on any atom is -0.497 e. The van der Waals surface area contributed by atoms with Gasteiger partial charge in [-0.3, -0.25) is 0 Å². The summed E-state index contributed by atoms with van der Waals surface area (Å²) in [5.74, 6) is 0.719. The molecule has 31 heavy (non-hydrogen) atoms. The molecule has 4 nitrogen and oxygen atoms in total. The Kier molecular flexibility index (Phi) is 6.45. The third kappa shape index (κ3) is 4.14. The van der Waals surface area contributed by atoms with E-state index in [0.717, 1.165) is 29.6 Å². The van der Waals surface area contributed by atoms with Crippen molar-refractivity contribution < 1.29 is 13.2 Å². The summed E-state index contributed by atoms with van der Waals surface area (Å²) in [6.07, 6.45) is 0. The van der Waals surface area contributed by atoms with Crippen LogP contribution in [-0.4, -0.2) is 19.5 Å². The van der Waals surface area contributed by atoms with Crippen LogP contribution in [0, 0.1) is 14.1 Å². The third-order valence-electron chi connectivity index (χ3n) is 4.98. The van der Waals surface area contributed by atoms with Crippen molar-refractivity contribution in [1.29, 1.82) is 0 Å². The molecule has 0 spiro atoms. The number of rotatable bonds is 5. The number of ether oxygens (including phenoxy) is 1. The molecular formula is C24H19I2NO3S. The summed E-state index contributed by atoms with van der Waals surface area (Å²) < 4.78 is 36.5. The van der Waals surface area contributed by atoms with Crippen molar-refractivity contribution in [3.05, 3.63) is 91.6 Å². The molecule has 0 aliphatic carbocycles. The third-order valence-corrected chi connectivity index (χ3v) is 9.83. The van der Waals surface area contributed by atoms with Crippen molar-refractivity contribution in [3.8, 4) is 28.3 Å². The highest BCUT2D eigenvalue weighted by Gasteiger charge is 2.30. The number of hydrogen-bond acceptors (Lipinski definition) is 3. The minimum absolute atomic E-state index is 0.257. The van der Waals surface area contributed by atoms with Gasteiger partial charge < -0.3 is 4.74 Å². The highest BCUT2D eigenvalue weighted by molar-refractivity contribution is 14.1. The smallest absolute Gasteiger partial charge is 0.268 e. The van der Waals surface area contributed by atoms with Crippen molar-refractivity contribution in [2.45, 2.75) is 11.8 Å². The molecule has 7 heteroatoms. The normalized spacial score (nSPS) is 11.5. The SMILES string of the molecule is COc1ccc(-c2c(I)c(I)c(-c3ccccc3)n2S(=O)(=O)c2ccc(C)cc2)cc1. The average Bonchev–Trinajstić information content (AvgIpc) is 3.06. The molecule has 3 aromatic carbocycles. The van der Waals surface area contributed by atoms with Crippen LogP contribution in [-0.2, 0) is 10.0 Å². The molecule has 0 N–H and O–H groups in total. The molecular weight excluding hydrogens is 636 g/mol. The van der Waals surface area contributed by atoms with Crippen LogP contribution in [0.2, 0.25) is 0 Å². The number of hydrogen-bond donors (Lipinski definition) is 0. The van der Waals surface area contributed by atoms with E-state index in [2.05, 4.69) is 45.2 Å². The monoisotopic (exact) mass is 655 g/mol. The molecule has 0 bridgehead atoms. The van der Waals surface area contributed by atoms with Gasteiger partial charge in [0.1, 0.15) is 5.75 Å². The first-order valence-corrected chi connectivity index (χ1v) is 13.1. The molecule has 0 aliphatic rings. The number of aryl methyl sites for hydroxylation is 1. The van der Waals surface area contributed by atoms with E-state index in [1.165, 1.54) is 3.97 Å². The molecule has 1 heterocycles. The minimum atomic E-state index is -3.85. The van der Waals surface area contributed by atoms with Gasteiger partial charge in [-0.05, 0) is 88.5 Å². The summed E-state index contributed by atoms with van der Waals surface area (Å²) in [6, 6.07) is 24.1. The van der Waals surface area contributed by atoms with Gasteiger partial charge in [-0.15, -0.1) is 0 Å². The van der Waals surface area contributed by atoms with E-state index in [4.69, 9.17) is 4.74 Å². The Morgan fingerprint density at radius 3 is 1.77 bits per heavy atom. The zero-order valence-electron chi connectivity index (χ0n) is 16.8. The van der Waals surface area contributed by atoms with Crippen molar-refractivity contribution >= 4 is 55.2 Å². The maximum atomic E-state index is 14.0. The van der Waals surface area contributed by atoms with Crippen LogP contribution >= 0.6 is 45.2 Å². The fraction of sp³-hybridized carbons (Fsp3) is 0.0833. The van der Waals surface area contributed by atoms with E-state index in [-0.39, 0.29) is 4.90 Å². The number of methoxy groups -OCH3 is 1. The van der Waals surface area contributed by atoms with Gasteiger partial charge in [-0.1, -0.05) is 48.0 Å². The van der Waals surface area contributed by atoms with Crippen molar-refractivity contribution in [3.63, 3.8) is 0 Å². The molecule has 0 saturated carbocycles. The molecule has 4 aromatic rings. The second-order valence-corrected chi connectivity index (χ2v) is 10.9. The second-order valence-electron chi connectivity index (χ2n) is 7.00. The highest BCUT2D eigenvalue weighted by Crippen LogP contribution is 2.41. The van der Waals surface area contributed by atoms with Crippen LogP contribution in [0.3, 0.4) is 0 Å². The fourth-order valence-electron chi connectivity index (χ4n) is 3.39. The summed E-state index contributed by atoms with van der Waals surface area (Å²) in [4.78, 5) is 0.257. The van der Waals surface area contributed by atoms with Crippen molar-refractivity contribution in [2.75, 3.05) is 7.11 Å². The first kappa shape index (κ1) is 22.3. The standard InChI is InChI=1S/C24H19I2NO3S/c1-16-8-14-20(15-9-16)31(28,29)27-23(17-6-4-3-5-7-17)21(25)22(26)24(27)18-10-12-19(30-2)13-11-18/h3-15H,1-2H3. The quantitative estimate of drug-likeness (QED) is 0.228. The van der Waals surface area contributed by atoms with Crippen LogP contribution in [0.4, 0.5) is 0 Å². The van der Waals surface area contributed by atoms with Gasteiger partial charge >= 0.3 is 0 Å². The molecule has 0 radical (unpaired) electrons. The van der Waals surface area contributed by atoms with Gasteiger partial charge in [0.15, 0.2) is 0 Å². The van der Waals surface area contributed by atoms with Crippen molar-refractivity contribution in [1.82, 2.24) is 3.97 Å². The van der Waals surface area contributed by atoms with Crippen LogP contribution < -0.4 is 4.74 Å². The van der Waals surface area contributed by atoms with Crippen LogP contribution in [0.1, 0.15) is 5.56 Å². The summed E-state index contributed by atoms with van der Waals surface area (Å²) >= 11 is 4.48. The Hall–Kier alpha value is -1.85. The van der Waals surface area contributed by atoms with Crippen LogP contribution in [0.15, 0.2) is 83.8 Å². The molecule has 0 atom stereocenters. The van der Waals surface area contributed by atoms with Gasteiger partial charge in [0.05, 0.1) is 30.5 Å². The van der Waals surface area contributed by atoms with Gasteiger partial charge in [0, 0.05) is 11.1 Å². The Bertz CT molecular complexity index is 1330. The van der Waals surface area contributed by atoms with Crippen LogP contribution in [0.25, 0.3) is 22.5 Å². The lowest BCUT2D eigenvalue weighted by Crippen LogP contribution is -2.16. The molecule has 1 aromatic heterocycles. The Morgan fingerprint density at radius 2 is 1.26 bits per heavy atom. The van der Waals surface area contributed by atoms with Gasteiger partial charge in [0.2, 0.25) is 0 Å². The Labute approximate surface area is 209 Å². The molecule has 0 saturated heterocycles. The number of nitrogens with zero attached hydrogens (tertiary/aromatic N) is 1. The lowest BCUT2D eigenvalue weighted by atomic mass is 10.1. The average molecular weight is 655 g/mol. The van der Waals surface area contributed by atoms with E-state index in [0.29, 0.717) is 11.4 Å². The van der Waals surface area contributed by atoms with Crippen molar-refractivity contribution in [2.24, 2.45) is 0 Å².